The first kappa shape index (κ1) is 12.5. The predicted octanol–water partition coefficient (Wildman–Crippen LogP) is 2.49. The largest absolute Gasteiger partial charge is 0.437 e. The second-order valence-electron chi connectivity index (χ2n) is 3.17. The molecule has 18 heavy (non-hydrogen) atoms. The molecule has 0 aliphatic rings. The highest BCUT2D eigenvalue weighted by molar-refractivity contribution is 6.31. The summed E-state index contributed by atoms with van der Waals surface area (Å²) in [5.74, 6) is 3.23. The van der Waals surface area contributed by atoms with E-state index < -0.39 is 11.6 Å². The average molecular weight is 273 g/mol. The van der Waals surface area contributed by atoms with Gasteiger partial charge in [-0.3, -0.25) is 5.43 Å². The van der Waals surface area contributed by atoms with Gasteiger partial charge in [0.25, 0.3) is 0 Å². The van der Waals surface area contributed by atoms with Crippen LogP contribution in [0.2, 0.25) is 5.02 Å². The molecule has 94 valence electrons. The lowest BCUT2D eigenvalue weighted by atomic mass is 10.3. The van der Waals surface area contributed by atoms with E-state index in [0.29, 0.717) is 0 Å². The van der Waals surface area contributed by atoms with Crippen LogP contribution >= 0.6 is 11.6 Å². The van der Waals surface area contributed by atoms with Crippen molar-refractivity contribution >= 4 is 17.5 Å². The molecule has 2 rings (SSSR count). The van der Waals surface area contributed by atoms with E-state index in [9.17, 15) is 8.78 Å². The summed E-state index contributed by atoms with van der Waals surface area (Å²) in [5, 5.41) is 0.110. The topological polar surface area (TPSA) is 73.1 Å². The van der Waals surface area contributed by atoms with Gasteiger partial charge < -0.3 is 4.74 Å². The lowest BCUT2D eigenvalue weighted by Gasteiger charge is -2.07. The zero-order valence-corrected chi connectivity index (χ0v) is 9.58. The Hall–Kier alpha value is -1.99. The zero-order valence-electron chi connectivity index (χ0n) is 8.82. The number of benzene rings is 1. The quantitative estimate of drug-likeness (QED) is 0.663. The fourth-order valence-electron chi connectivity index (χ4n) is 1.14. The van der Waals surface area contributed by atoms with E-state index in [1.807, 2.05) is 0 Å². The summed E-state index contributed by atoms with van der Waals surface area (Å²) >= 11 is 5.79. The summed E-state index contributed by atoms with van der Waals surface area (Å²) < 4.78 is 30.9. The van der Waals surface area contributed by atoms with E-state index >= 15 is 0 Å². The van der Waals surface area contributed by atoms with Crippen molar-refractivity contribution in [2.24, 2.45) is 5.84 Å². The summed E-state index contributed by atoms with van der Waals surface area (Å²) in [6, 6.07) is 3.05. The van der Waals surface area contributed by atoms with Crippen LogP contribution in [0.3, 0.4) is 0 Å². The van der Waals surface area contributed by atoms with E-state index in [4.69, 9.17) is 22.2 Å². The molecule has 3 N–H and O–H groups in total. The molecule has 1 aromatic heterocycles. The molecule has 5 nitrogen and oxygen atoms in total. The van der Waals surface area contributed by atoms with Gasteiger partial charge >= 0.3 is 0 Å². The van der Waals surface area contributed by atoms with Crippen LogP contribution in [0.1, 0.15) is 0 Å². The van der Waals surface area contributed by atoms with Gasteiger partial charge in [-0.1, -0.05) is 11.6 Å². The molecule has 0 aliphatic carbocycles. The van der Waals surface area contributed by atoms with Crippen molar-refractivity contribution in [2.45, 2.75) is 0 Å². The highest BCUT2D eigenvalue weighted by Gasteiger charge is 2.09. The van der Waals surface area contributed by atoms with Crippen molar-refractivity contribution in [1.29, 1.82) is 0 Å². The van der Waals surface area contributed by atoms with Crippen LogP contribution in [0.25, 0.3) is 0 Å². The molecule has 0 fully saturated rings. The SMILES string of the molecule is NNc1ncc(Cl)c(Oc2ccc(F)c(F)c2)n1. The normalized spacial score (nSPS) is 10.2. The lowest BCUT2D eigenvalue weighted by Crippen LogP contribution is -2.10. The van der Waals surface area contributed by atoms with Gasteiger partial charge in [0, 0.05) is 6.07 Å². The number of anilines is 1. The van der Waals surface area contributed by atoms with Crippen molar-refractivity contribution in [3.63, 3.8) is 0 Å². The van der Waals surface area contributed by atoms with Crippen LogP contribution in [-0.2, 0) is 0 Å². The van der Waals surface area contributed by atoms with E-state index in [2.05, 4.69) is 15.4 Å². The number of hydrogen-bond acceptors (Lipinski definition) is 5. The third kappa shape index (κ3) is 2.63. The van der Waals surface area contributed by atoms with Gasteiger partial charge in [0.2, 0.25) is 11.8 Å². The van der Waals surface area contributed by atoms with Crippen LogP contribution in [0.5, 0.6) is 11.6 Å². The first-order chi connectivity index (χ1) is 8.60. The summed E-state index contributed by atoms with van der Waals surface area (Å²) in [6.45, 7) is 0. The van der Waals surface area contributed by atoms with E-state index in [1.165, 1.54) is 12.3 Å². The standard InChI is InChI=1S/C10H7ClF2N4O/c11-6-4-15-10(17-14)16-9(6)18-5-1-2-7(12)8(13)3-5/h1-4H,14H2,(H,15,16,17). The Morgan fingerprint density at radius 3 is 2.72 bits per heavy atom. The Labute approximate surface area is 106 Å². The van der Waals surface area contributed by atoms with Crippen LogP contribution in [-0.4, -0.2) is 9.97 Å². The molecular weight excluding hydrogens is 266 g/mol. The minimum absolute atomic E-state index is 0.0226. The van der Waals surface area contributed by atoms with Crippen LogP contribution in [0.15, 0.2) is 24.4 Å². The second kappa shape index (κ2) is 5.11. The maximum absolute atomic E-state index is 13.0. The van der Waals surface area contributed by atoms with E-state index in [1.54, 1.807) is 0 Å². The van der Waals surface area contributed by atoms with Crippen molar-refractivity contribution < 1.29 is 13.5 Å². The summed E-state index contributed by atoms with van der Waals surface area (Å²) in [7, 11) is 0. The summed E-state index contributed by atoms with van der Waals surface area (Å²) in [4.78, 5) is 7.56. The second-order valence-corrected chi connectivity index (χ2v) is 3.58. The van der Waals surface area contributed by atoms with Gasteiger partial charge in [-0.05, 0) is 12.1 Å². The Bertz CT molecular complexity index is 582. The molecule has 2 aromatic rings. The summed E-state index contributed by atoms with van der Waals surface area (Å²) in [6.07, 6.45) is 1.26. The smallest absolute Gasteiger partial charge is 0.243 e. The Morgan fingerprint density at radius 2 is 2.06 bits per heavy atom. The molecule has 0 spiro atoms. The van der Waals surface area contributed by atoms with Gasteiger partial charge in [0.15, 0.2) is 11.6 Å². The number of nitrogens with zero attached hydrogens (tertiary/aromatic N) is 2. The number of halogens is 3. The van der Waals surface area contributed by atoms with Crippen LogP contribution < -0.4 is 16.0 Å². The van der Waals surface area contributed by atoms with Crippen LogP contribution in [0, 0.1) is 11.6 Å². The molecule has 8 heteroatoms. The molecule has 0 saturated carbocycles. The Morgan fingerprint density at radius 1 is 1.28 bits per heavy atom. The number of rotatable bonds is 3. The first-order valence-corrected chi connectivity index (χ1v) is 5.10. The fourth-order valence-corrected chi connectivity index (χ4v) is 1.27. The zero-order chi connectivity index (χ0) is 13.1. The van der Waals surface area contributed by atoms with Gasteiger partial charge in [0.1, 0.15) is 10.8 Å². The maximum Gasteiger partial charge on any atom is 0.243 e. The molecule has 1 aromatic carbocycles. The van der Waals surface area contributed by atoms with Gasteiger partial charge in [-0.2, -0.15) is 4.98 Å². The Kier molecular flexibility index (Phi) is 3.54. The summed E-state index contributed by atoms with van der Waals surface area (Å²) in [5.41, 5.74) is 2.21. The molecule has 1 heterocycles. The number of nitrogen functional groups attached to an aromatic ring is 1. The number of hydrazine groups is 1. The predicted molar refractivity (Wildman–Crippen MR) is 61.3 cm³/mol. The maximum atomic E-state index is 13.0. The Balaban J connectivity index is 2.30. The van der Waals surface area contributed by atoms with Crippen molar-refractivity contribution in [1.82, 2.24) is 9.97 Å². The number of nitrogens with one attached hydrogen (secondary N) is 1. The molecule has 0 aliphatic heterocycles. The molecule has 0 bridgehead atoms. The van der Waals surface area contributed by atoms with E-state index in [-0.39, 0.29) is 22.6 Å². The molecule has 0 unspecified atom stereocenters. The van der Waals surface area contributed by atoms with Gasteiger partial charge in [-0.25, -0.2) is 19.6 Å². The first-order valence-electron chi connectivity index (χ1n) is 4.72. The van der Waals surface area contributed by atoms with Gasteiger partial charge in [-0.15, -0.1) is 0 Å². The molecule has 0 radical (unpaired) electrons. The van der Waals surface area contributed by atoms with Crippen molar-refractivity contribution in [3.8, 4) is 11.6 Å². The average Bonchev–Trinajstić information content (AvgIpc) is 2.36. The monoisotopic (exact) mass is 272 g/mol. The highest BCUT2D eigenvalue weighted by atomic mass is 35.5. The van der Waals surface area contributed by atoms with E-state index in [0.717, 1.165) is 12.1 Å². The molecule has 0 atom stereocenters. The van der Waals surface area contributed by atoms with Gasteiger partial charge in [0.05, 0.1) is 6.20 Å². The van der Waals surface area contributed by atoms with Crippen molar-refractivity contribution in [3.05, 3.63) is 41.1 Å². The number of aromatic nitrogens is 2. The molecular formula is C10H7ClF2N4O. The number of ether oxygens (including phenoxy) is 1. The highest BCUT2D eigenvalue weighted by Crippen LogP contribution is 2.28. The number of hydrogen-bond donors (Lipinski definition) is 2. The third-order valence-electron chi connectivity index (χ3n) is 1.95. The molecule has 0 saturated heterocycles. The fraction of sp³-hybridized carbons (Fsp3) is 0. The minimum Gasteiger partial charge on any atom is -0.437 e. The molecule has 0 amide bonds. The van der Waals surface area contributed by atoms with Crippen molar-refractivity contribution in [2.75, 3.05) is 5.43 Å². The number of nitrogens with two attached hydrogens (primary N) is 1. The van der Waals surface area contributed by atoms with Crippen LogP contribution in [0.4, 0.5) is 14.7 Å². The lowest BCUT2D eigenvalue weighted by molar-refractivity contribution is 0.447. The third-order valence-corrected chi connectivity index (χ3v) is 2.21. The minimum atomic E-state index is -1.03.